The lowest BCUT2D eigenvalue weighted by molar-refractivity contribution is -0.385. The lowest BCUT2D eigenvalue weighted by Crippen LogP contribution is -2.20. The molecule has 8 heteroatoms. The molecule has 0 aliphatic rings. The molecule has 0 unspecified atom stereocenters. The van der Waals surface area contributed by atoms with Gasteiger partial charge in [0.25, 0.3) is 11.6 Å². The number of nitrogens with zero attached hydrogens (tertiary/aromatic N) is 2. The Labute approximate surface area is 181 Å². The molecule has 0 aromatic heterocycles. The van der Waals surface area contributed by atoms with E-state index >= 15 is 0 Å². The van der Waals surface area contributed by atoms with Gasteiger partial charge in [-0.1, -0.05) is 40.2 Å². The number of nitro groups is 1. The molecule has 1 amide bonds. The lowest BCUT2D eigenvalue weighted by atomic mass is 10.1. The molecule has 0 bridgehead atoms. The van der Waals surface area contributed by atoms with Crippen LogP contribution in [-0.4, -0.2) is 16.5 Å². The first-order valence-electron chi connectivity index (χ1n) is 9.00. The Morgan fingerprint density at radius 1 is 1.07 bits per heavy atom. The summed E-state index contributed by atoms with van der Waals surface area (Å²) >= 11 is 3.40. The number of amides is 1. The Morgan fingerprint density at radius 2 is 1.73 bits per heavy atom. The van der Waals surface area contributed by atoms with E-state index in [-0.39, 0.29) is 11.3 Å². The number of nitrogens with one attached hydrogen (secondary N) is 1. The predicted octanol–water partition coefficient (Wildman–Crippen LogP) is 5.09. The molecule has 0 radical (unpaired) electrons. The minimum absolute atomic E-state index is 0.0456. The fraction of sp³-hybridized carbons (Fsp3) is 0.0909. The van der Waals surface area contributed by atoms with Gasteiger partial charge in [-0.3, -0.25) is 14.9 Å². The molecule has 3 rings (SSSR count). The third-order valence-electron chi connectivity index (χ3n) is 4.26. The standard InChI is InChI=1S/C22H18BrN3O4/c1-15(24-25-22(27)20-4-2-3-5-21(20)26(28)29)17-8-12-19(13-9-17)30-14-16-6-10-18(23)11-7-16/h2-13H,14H2,1H3,(H,25,27). The van der Waals surface area contributed by atoms with E-state index in [0.717, 1.165) is 15.6 Å². The van der Waals surface area contributed by atoms with Crippen molar-refractivity contribution in [2.75, 3.05) is 0 Å². The van der Waals surface area contributed by atoms with Crippen LogP contribution in [0.15, 0.2) is 82.4 Å². The zero-order valence-electron chi connectivity index (χ0n) is 16.0. The van der Waals surface area contributed by atoms with Crippen molar-refractivity contribution in [2.24, 2.45) is 5.10 Å². The normalized spacial score (nSPS) is 11.1. The summed E-state index contributed by atoms with van der Waals surface area (Å²) in [5, 5.41) is 15.1. The van der Waals surface area contributed by atoms with E-state index in [1.165, 1.54) is 18.2 Å². The Kier molecular flexibility index (Phi) is 6.92. The highest BCUT2D eigenvalue weighted by atomic mass is 79.9. The highest BCUT2D eigenvalue weighted by Gasteiger charge is 2.18. The molecule has 3 aromatic carbocycles. The summed E-state index contributed by atoms with van der Waals surface area (Å²) in [6.07, 6.45) is 0. The minimum atomic E-state index is -0.642. The van der Waals surface area contributed by atoms with Crippen molar-refractivity contribution in [3.05, 3.63) is 104 Å². The van der Waals surface area contributed by atoms with Gasteiger partial charge in [-0.2, -0.15) is 5.10 Å². The van der Waals surface area contributed by atoms with Gasteiger partial charge < -0.3 is 4.74 Å². The lowest BCUT2D eigenvalue weighted by Gasteiger charge is -2.08. The Morgan fingerprint density at radius 3 is 2.40 bits per heavy atom. The number of hydrazone groups is 1. The summed E-state index contributed by atoms with van der Waals surface area (Å²) in [6.45, 7) is 2.18. The topological polar surface area (TPSA) is 93.8 Å². The first kappa shape index (κ1) is 21.2. The zero-order valence-corrected chi connectivity index (χ0v) is 17.6. The molecule has 1 N–H and O–H groups in total. The van der Waals surface area contributed by atoms with Crippen LogP contribution in [0, 0.1) is 10.1 Å². The fourth-order valence-electron chi connectivity index (χ4n) is 2.62. The number of nitro benzene ring substituents is 1. The summed E-state index contributed by atoms with van der Waals surface area (Å²) in [5.41, 5.74) is 4.45. The van der Waals surface area contributed by atoms with E-state index in [1.807, 2.05) is 48.5 Å². The van der Waals surface area contributed by atoms with E-state index in [4.69, 9.17) is 4.74 Å². The number of para-hydroxylation sites is 1. The maximum absolute atomic E-state index is 12.3. The Hall–Kier alpha value is -3.52. The second-order valence-corrected chi connectivity index (χ2v) is 7.27. The fourth-order valence-corrected chi connectivity index (χ4v) is 2.89. The number of halogens is 1. The van der Waals surface area contributed by atoms with Crippen LogP contribution in [-0.2, 0) is 6.61 Å². The monoisotopic (exact) mass is 467 g/mol. The van der Waals surface area contributed by atoms with Crippen molar-refractivity contribution in [1.29, 1.82) is 0 Å². The van der Waals surface area contributed by atoms with Gasteiger partial charge in [-0.15, -0.1) is 0 Å². The highest BCUT2D eigenvalue weighted by Crippen LogP contribution is 2.18. The average Bonchev–Trinajstić information content (AvgIpc) is 2.77. The van der Waals surface area contributed by atoms with Crippen LogP contribution in [0.2, 0.25) is 0 Å². The van der Waals surface area contributed by atoms with Gasteiger partial charge in [0.1, 0.15) is 17.9 Å². The number of carbonyl (C=O) groups is 1. The largest absolute Gasteiger partial charge is 0.489 e. The van der Waals surface area contributed by atoms with E-state index in [1.54, 1.807) is 13.0 Å². The van der Waals surface area contributed by atoms with Crippen LogP contribution in [0.1, 0.15) is 28.4 Å². The first-order chi connectivity index (χ1) is 14.4. The molecule has 0 saturated carbocycles. The van der Waals surface area contributed by atoms with Crippen LogP contribution in [0.3, 0.4) is 0 Å². The van der Waals surface area contributed by atoms with Crippen molar-refractivity contribution in [3.63, 3.8) is 0 Å². The molecule has 0 saturated heterocycles. The van der Waals surface area contributed by atoms with Gasteiger partial charge in [0, 0.05) is 10.5 Å². The second kappa shape index (κ2) is 9.80. The number of hydrogen-bond donors (Lipinski definition) is 1. The van der Waals surface area contributed by atoms with Gasteiger partial charge in [-0.25, -0.2) is 5.43 Å². The zero-order chi connectivity index (χ0) is 21.5. The van der Waals surface area contributed by atoms with E-state index in [9.17, 15) is 14.9 Å². The summed E-state index contributed by atoms with van der Waals surface area (Å²) in [4.78, 5) is 22.7. The molecule has 0 atom stereocenters. The number of hydrogen-bond acceptors (Lipinski definition) is 5. The van der Waals surface area contributed by atoms with Crippen molar-refractivity contribution in [2.45, 2.75) is 13.5 Å². The summed E-state index contributed by atoms with van der Waals surface area (Å²) in [7, 11) is 0. The molecule has 152 valence electrons. The quantitative estimate of drug-likeness (QED) is 0.297. The second-order valence-electron chi connectivity index (χ2n) is 6.35. The third-order valence-corrected chi connectivity index (χ3v) is 4.79. The third kappa shape index (κ3) is 5.51. The van der Waals surface area contributed by atoms with Gasteiger partial charge in [0.2, 0.25) is 0 Å². The predicted molar refractivity (Wildman–Crippen MR) is 118 cm³/mol. The molecule has 30 heavy (non-hydrogen) atoms. The van der Waals surface area contributed by atoms with Crippen molar-refractivity contribution >= 4 is 33.2 Å². The van der Waals surface area contributed by atoms with Crippen LogP contribution in [0.25, 0.3) is 0 Å². The van der Waals surface area contributed by atoms with Crippen LogP contribution >= 0.6 is 15.9 Å². The maximum atomic E-state index is 12.3. The molecule has 0 heterocycles. The maximum Gasteiger partial charge on any atom is 0.282 e. The molecular formula is C22H18BrN3O4. The van der Waals surface area contributed by atoms with Crippen LogP contribution in [0.4, 0.5) is 5.69 Å². The number of ether oxygens (including phenoxy) is 1. The van der Waals surface area contributed by atoms with E-state index in [0.29, 0.717) is 18.1 Å². The number of benzene rings is 3. The van der Waals surface area contributed by atoms with Gasteiger partial charge in [0.05, 0.1) is 10.6 Å². The van der Waals surface area contributed by atoms with Gasteiger partial charge in [0.15, 0.2) is 0 Å². The molecule has 0 aliphatic heterocycles. The molecule has 0 spiro atoms. The summed E-state index contributed by atoms with van der Waals surface area (Å²) in [5.74, 6) is 0.0644. The molecule has 0 aliphatic carbocycles. The Balaban J connectivity index is 1.62. The average molecular weight is 468 g/mol. The van der Waals surface area contributed by atoms with Gasteiger partial charge >= 0.3 is 0 Å². The Bertz CT molecular complexity index is 1080. The van der Waals surface area contributed by atoms with E-state index < -0.39 is 10.8 Å². The highest BCUT2D eigenvalue weighted by molar-refractivity contribution is 9.10. The van der Waals surface area contributed by atoms with Gasteiger partial charge in [-0.05, 0) is 60.5 Å². The van der Waals surface area contributed by atoms with Crippen molar-refractivity contribution in [3.8, 4) is 5.75 Å². The first-order valence-corrected chi connectivity index (χ1v) is 9.79. The molecule has 3 aromatic rings. The number of rotatable bonds is 7. The van der Waals surface area contributed by atoms with Crippen LogP contribution in [0.5, 0.6) is 5.75 Å². The molecular weight excluding hydrogens is 450 g/mol. The van der Waals surface area contributed by atoms with Crippen LogP contribution < -0.4 is 10.2 Å². The van der Waals surface area contributed by atoms with Crippen molar-refractivity contribution < 1.29 is 14.5 Å². The molecule has 0 fully saturated rings. The van der Waals surface area contributed by atoms with Crippen molar-refractivity contribution in [1.82, 2.24) is 5.43 Å². The van der Waals surface area contributed by atoms with E-state index in [2.05, 4.69) is 26.5 Å². The smallest absolute Gasteiger partial charge is 0.282 e. The minimum Gasteiger partial charge on any atom is -0.489 e. The summed E-state index contributed by atoms with van der Waals surface area (Å²) < 4.78 is 6.78. The SMILES string of the molecule is CC(=NNC(=O)c1ccccc1[N+](=O)[O-])c1ccc(OCc2ccc(Br)cc2)cc1. The molecule has 7 nitrogen and oxygen atoms in total. The number of carbonyl (C=O) groups excluding carboxylic acids is 1. The summed E-state index contributed by atoms with van der Waals surface area (Å²) in [6, 6.07) is 20.9.